The van der Waals surface area contributed by atoms with Gasteiger partial charge >= 0.3 is 0 Å². The summed E-state index contributed by atoms with van der Waals surface area (Å²) in [7, 11) is 1.95. The minimum Gasteiger partial charge on any atom is -0.484 e. The predicted octanol–water partition coefficient (Wildman–Crippen LogP) is 3.64. The summed E-state index contributed by atoms with van der Waals surface area (Å²) < 4.78 is 6.14. The molecule has 2 aromatic rings. The lowest BCUT2D eigenvalue weighted by molar-refractivity contribution is 0.204. The summed E-state index contributed by atoms with van der Waals surface area (Å²) in [6.07, 6.45) is 0.0346. The van der Waals surface area contributed by atoms with Crippen LogP contribution in [-0.4, -0.2) is 13.6 Å². The highest BCUT2D eigenvalue weighted by molar-refractivity contribution is 5.34. The first-order chi connectivity index (χ1) is 9.19. The van der Waals surface area contributed by atoms with Crippen LogP contribution >= 0.6 is 0 Å². The van der Waals surface area contributed by atoms with Crippen molar-refractivity contribution in [2.75, 3.05) is 13.6 Å². The van der Waals surface area contributed by atoms with Crippen LogP contribution in [0.2, 0.25) is 0 Å². The third-order valence-electron chi connectivity index (χ3n) is 3.03. The number of rotatable bonds is 5. The molecular formula is C17H21NO. The van der Waals surface area contributed by atoms with E-state index in [2.05, 4.69) is 49.5 Å². The van der Waals surface area contributed by atoms with Crippen LogP contribution in [0.3, 0.4) is 0 Å². The highest BCUT2D eigenvalue weighted by atomic mass is 16.5. The molecule has 0 spiro atoms. The zero-order chi connectivity index (χ0) is 13.7. The first-order valence-electron chi connectivity index (χ1n) is 6.63. The molecule has 100 valence electrons. The van der Waals surface area contributed by atoms with E-state index in [1.165, 1.54) is 16.7 Å². The summed E-state index contributed by atoms with van der Waals surface area (Å²) >= 11 is 0. The Hall–Kier alpha value is -1.80. The Morgan fingerprint density at radius 2 is 1.63 bits per heavy atom. The monoisotopic (exact) mass is 255 g/mol. The summed E-state index contributed by atoms with van der Waals surface area (Å²) in [6, 6.07) is 16.6. The van der Waals surface area contributed by atoms with Crippen LogP contribution in [-0.2, 0) is 0 Å². The number of aryl methyl sites for hydroxylation is 2. The highest BCUT2D eigenvalue weighted by Crippen LogP contribution is 2.23. The molecule has 0 aliphatic heterocycles. The van der Waals surface area contributed by atoms with E-state index in [1.54, 1.807) is 0 Å². The SMILES string of the molecule is CNCC(Oc1cc(C)cc(C)c1)c1ccccc1. The fraction of sp³-hybridized carbons (Fsp3) is 0.294. The Morgan fingerprint density at radius 1 is 1.00 bits per heavy atom. The number of benzene rings is 2. The van der Waals surface area contributed by atoms with E-state index in [9.17, 15) is 0 Å². The zero-order valence-corrected chi connectivity index (χ0v) is 11.8. The van der Waals surface area contributed by atoms with Gasteiger partial charge in [-0.1, -0.05) is 36.4 Å². The normalized spacial score (nSPS) is 12.2. The maximum Gasteiger partial charge on any atom is 0.136 e. The topological polar surface area (TPSA) is 21.3 Å². The van der Waals surface area contributed by atoms with Gasteiger partial charge < -0.3 is 10.1 Å². The van der Waals surface area contributed by atoms with Gasteiger partial charge in [-0.2, -0.15) is 0 Å². The number of hydrogen-bond acceptors (Lipinski definition) is 2. The van der Waals surface area contributed by atoms with E-state index < -0.39 is 0 Å². The van der Waals surface area contributed by atoms with Crippen LogP contribution in [0.5, 0.6) is 5.75 Å². The molecule has 0 aromatic heterocycles. The Kier molecular flexibility index (Phi) is 4.58. The number of likely N-dealkylation sites (N-methyl/N-ethyl adjacent to an activating group) is 1. The number of ether oxygens (including phenoxy) is 1. The van der Waals surface area contributed by atoms with Crippen molar-refractivity contribution < 1.29 is 4.74 Å². The van der Waals surface area contributed by atoms with Gasteiger partial charge in [0, 0.05) is 6.54 Å². The van der Waals surface area contributed by atoms with Crippen molar-refractivity contribution in [2.45, 2.75) is 20.0 Å². The van der Waals surface area contributed by atoms with E-state index >= 15 is 0 Å². The maximum atomic E-state index is 6.14. The van der Waals surface area contributed by atoms with Crippen molar-refractivity contribution in [2.24, 2.45) is 0 Å². The third-order valence-corrected chi connectivity index (χ3v) is 3.03. The molecule has 2 heteroatoms. The molecular weight excluding hydrogens is 234 g/mol. The third kappa shape index (κ3) is 3.83. The Balaban J connectivity index is 2.21. The number of hydrogen-bond donors (Lipinski definition) is 1. The van der Waals surface area contributed by atoms with Gasteiger partial charge in [0.25, 0.3) is 0 Å². The summed E-state index contributed by atoms with van der Waals surface area (Å²) in [6.45, 7) is 4.97. The fourth-order valence-electron chi connectivity index (χ4n) is 2.25. The van der Waals surface area contributed by atoms with Gasteiger partial charge in [-0.15, -0.1) is 0 Å². The van der Waals surface area contributed by atoms with Crippen LogP contribution in [0.25, 0.3) is 0 Å². The summed E-state index contributed by atoms with van der Waals surface area (Å²) in [5.74, 6) is 0.932. The molecule has 1 N–H and O–H groups in total. The van der Waals surface area contributed by atoms with Crippen LogP contribution in [0.4, 0.5) is 0 Å². The van der Waals surface area contributed by atoms with Crippen molar-refractivity contribution in [3.05, 3.63) is 65.2 Å². The lowest BCUT2D eigenvalue weighted by Gasteiger charge is -2.20. The largest absolute Gasteiger partial charge is 0.484 e. The van der Waals surface area contributed by atoms with Crippen molar-refractivity contribution in [3.8, 4) is 5.75 Å². The molecule has 0 heterocycles. The zero-order valence-electron chi connectivity index (χ0n) is 11.8. The molecule has 1 atom stereocenters. The van der Waals surface area contributed by atoms with Crippen LogP contribution in [0.1, 0.15) is 22.8 Å². The van der Waals surface area contributed by atoms with Crippen LogP contribution in [0, 0.1) is 13.8 Å². The Bertz CT molecular complexity index is 502. The lowest BCUT2D eigenvalue weighted by Crippen LogP contribution is -2.21. The van der Waals surface area contributed by atoms with Gasteiger partial charge in [0.2, 0.25) is 0 Å². The molecule has 0 amide bonds. The van der Waals surface area contributed by atoms with Gasteiger partial charge in [0.1, 0.15) is 11.9 Å². The second kappa shape index (κ2) is 6.39. The molecule has 0 aliphatic carbocycles. The molecule has 2 rings (SSSR count). The molecule has 0 aliphatic rings. The molecule has 19 heavy (non-hydrogen) atoms. The minimum absolute atomic E-state index is 0.0346. The number of nitrogens with one attached hydrogen (secondary N) is 1. The Morgan fingerprint density at radius 3 is 2.21 bits per heavy atom. The fourth-order valence-corrected chi connectivity index (χ4v) is 2.25. The quantitative estimate of drug-likeness (QED) is 0.880. The van der Waals surface area contributed by atoms with Crippen molar-refractivity contribution in [3.63, 3.8) is 0 Å². The summed E-state index contributed by atoms with van der Waals surface area (Å²) in [5, 5.41) is 3.19. The molecule has 1 unspecified atom stereocenters. The van der Waals surface area contributed by atoms with Crippen LogP contribution < -0.4 is 10.1 Å². The standard InChI is InChI=1S/C17H21NO/c1-13-9-14(2)11-16(10-13)19-17(12-18-3)15-7-5-4-6-8-15/h4-11,17-18H,12H2,1-3H3. The van der Waals surface area contributed by atoms with E-state index in [0.717, 1.165) is 12.3 Å². The predicted molar refractivity (Wildman–Crippen MR) is 79.7 cm³/mol. The van der Waals surface area contributed by atoms with E-state index in [-0.39, 0.29) is 6.10 Å². The minimum atomic E-state index is 0.0346. The average molecular weight is 255 g/mol. The molecule has 0 saturated carbocycles. The molecule has 0 fully saturated rings. The van der Waals surface area contributed by atoms with Gasteiger partial charge in [0.15, 0.2) is 0 Å². The lowest BCUT2D eigenvalue weighted by atomic mass is 10.1. The van der Waals surface area contributed by atoms with Gasteiger partial charge in [0.05, 0.1) is 0 Å². The molecule has 0 bridgehead atoms. The second-order valence-corrected chi connectivity index (χ2v) is 4.90. The van der Waals surface area contributed by atoms with Crippen molar-refractivity contribution in [1.82, 2.24) is 5.32 Å². The first kappa shape index (κ1) is 13.6. The average Bonchev–Trinajstić information content (AvgIpc) is 2.38. The van der Waals surface area contributed by atoms with Crippen molar-refractivity contribution in [1.29, 1.82) is 0 Å². The highest BCUT2D eigenvalue weighted by Gasteiger charge is 2.12. The first-order valence-corrected chi connectivity index (χ1v) is 6.63. The Labute approximate surface area is 115 Å². The van der Waals surface area contributed by atoms with E-state index in [0.29, 0.717) is 0 Å². The van der Waals surface area contributed by atoms with Crippen molar-refractivity contribution >= 4 is 0 Å². The van der Waals surface area contributed by atoms with Gasteiger partial charge in [-0.3, -0.25) is 0 Å². The smallest absolute Gasteiger partial charge is 0.136 e. The summed E-state index contributed by atoms with van der Waals surface area (Å²) in [5.41, 5.74) is 3.65. The molecule has 0 saturated heterocycles. The molecule has 2 nitrogen and oxygen atoms in total. The molecule has 2 aromatic carbocycles. The van der Waals surface area contributed by atoms with Gasteiger partial charge in [-0.25, -0.2) is 0 Å². The van der Waals surface area contributed by atoms with E-state index in [1.807, 2.05) is 25.2 Å². The molecule has 0 radical (unpaired) electrons. The van der Waals surface area contributed by atoms with E-state index in [4.69, 9.17) is 4.74 Å². The summed E-state index contributed by atoms with van der Waals surface area (Å²) in [4.78, 5) is 0. The second-order valence-electron chi connectivity index (χ2n) is 4.90. The van der Waals surface area contributed by atoms with Gasteiger partial charge in [-0.05, 0) is 49.7 Å². The van der Waals surface area contributed by atoms with Crippen LogP contribution in [0.15, 0.2) is 48.5 Å². The maximum absolute atomic E-state index is 6.14.